The summed E-state index contributed by atoms with van der Waals surface area (Å²) in [7, 11) is 0. The first-order chi connectivity index (χ1) is 5.39. The molecule has 0 radical (unpaired) electrons. The smallest absolute Gasteiger partial charge is 0.343 e. The number of aromatic nitrogens is 4. The third-order valence-corrected chi connectivity index (χ3v) is 0.653. The number of H-pyrrole nitrogens is 1. The molecule has 0 saturated heterocycles. The predicted molar refractivity (Wildman–Crippen MR) is 31.4 cm³/mol. The summed E-state index contributed by atoms with van der Waals surface area (Å²) in [6, 6.07) is 0. The van der Waals surface area contributed by atoms with Gasteiger partial charge in [-0.3, -0.25) is 9.51 Å². The van der Waals surface area contributed by atoms with E-state index in [0.717, 1.165) is 0 Å². The molecule has 0 aliphatic carbocycles. The molecule has 0 aliphatic heterocycles. The van der Waals surface area contributed by atoms with E-state index >= 15 is 0 Å². The largest absolute Gasteiger partial charge is 0.438 e. The van der Waals surface area contributed by atoms with Crippen molar-refractivity contribution in [1.29, 1.82) is 0 Å². The summed E-state index contributed by atoms with van der Waals surface area (Å²) in [6.07, 6.45) is 3.78. The van der Waals surface area contributed by atoms with Crippen LogP contribution in [0.15, 0.2) is 32.9 Å². The van der Waals surface area contributed by atoms with Crippen LogP contribution in [0.2, 0.25) is 0 Å². The van der Waals surface area contributed by atoms with Crippen LogP contribution in [0.3, 0.4) is 0 Å². The van der Waals surface area contributed by atoms with Crippen LogP contribution in [0.1, 0.15) is 0 Å². The van der Waals surface area contributed by atoms with Gasteiger partial charge in [0.2, 0.25) is 6.39 Å². The number of rotatable bonds is 0. The van der Waals surface area contributed by atoms with E-state index in [2.05, 4.69) is 29.3 Å². The van der Waals surface area contributed by atoms with E-state index in [1.54, 1.807) is 0 Å². The summed E-state index contributed by atoms with van der Waals surface area (Å²) in [5, 5.41) is 6.31. The Hall–Kier alpha value is -1.92. The maximum Gasteiger partial charge on any atom is 0.438 e. The summed E-state index contributed by atoms with van der Waals surface area (Å²) in [4.78, 5) is 15.4. The topological polar surface area (TPSA) is 97.8 Å². The standard InChI is InChI=1S/C2H2N2O2.C2H2N2O/c5-2-3-1-4-6-2;1-3-2-5-4-1/h1H,(H,3,4,5);1-2H. The van der Waals surface area contributed by atoms with Gasteiger partial charge in [0.15, 0.2) is 6.33 Å². The second-order valence-corrected chi connectivity index (χ2v) is 1.34. The summed E-state index contributed by atoms with van der Waals surface area (Å²) in [6.45, 7) is 0. The molecule has 0 aromatic carbocycles. The fourth-order valence-corrected chi connectivity index (χ4v) is 0.316. The second-order valence-electron chi connectivity index (χ2n) is 1.34. The van der Waals surface area contributed by atoms with E-state index in [9.17, 15) is 4.79 Å². The summed E-state index contributed by atoms with van der Waals surface area (Å²) < 4.78 is 8.19. The minimum absolute atomic E-state index is 0.519. The maximum absolute atomic E-state index is 9.78. The molecule has 2 aromatic rings. The number of hydrogen-bond acceptors (Lipinski definition) is 6. The highest BCUT2D eigenvalue weighted by molar-refractivity contribution is 4.41. The zero-order valence-corrected chi connectivity index (χ0v) is 5.30. The van der Waals surface area contributed by atoms with Gasteiger partial charge < -0.3 is 4.52 Å². The Labute approximate surface area is 60.0 Å². The molecule has 0 fully saturated rings. The normalized spacial score (nSPS) is 8.36. The Morgan fingerprint density at radius 1 is 1.45 bits per heavy atom. The Bertz CT molecular complexity index is 276. The van der Waals surface area contributed by atoms with Crippen LogP contribution >= 0.6 is 0 Å². The van der Waals surface area contributed by atoms with Crippen molar-refractivity contribution in [1.82, 2.24) is 20.3 Å². The molecule has 7 nitrogen and oxygen atoms in total. The molecule has 58 valence electrons. The van der Waals surface area contributed by atoms with E-state index in [-0.39, 0.29) is 0 Å². The number of hydrogen-bond donors (Lipinski definition) is 1. The molecule has 7 heteroatoms. The van der Waals surface area contributed by atoms with Gasteiger partial charge in [0, 0.05) is 0 Å². The Balaban J connectivity index is 0.000000112. The number of aromatic amines is 1. The average Bonchev–Trinajstić information content (AvgIpc) is 2.57. The van der Waals surface area contributed by atoms with Crippen LogP contribution in [-0.2, 0) is 0 Å². The quantitative estimate of drug-likeness (QED) is 0.548. The molecule has 0 bridgehead atoms. The van der Waals surface area contributed by atoms with E-state index in [4.69, 9.17) is 0 Å². The zero-order valence-electron chi connectivity index (χ0n) is 5.30. The molecule has 0 saturated carbocycles. The monoisotopic (exact) mass is 156 g/mol. The van der Waals surface area contributed by atoms with Crippen molar-refractivity contribution in [3.05, 3.63) is 29.6 Å². The van der Waals surface area contributed by atoms with Crippen LogP contribution in [0, 0.1) is 0 Å². The molecular weight excluding hydrogens is 152 g/mol. The molecule has 0 atom stereocenters. The highest BCUT2D eigenvalue weighted by Gasteiger charge is 1.74. The van der Waals surface area contributed by atoms with Crippen molar-refractivity contribution in [2.75, 3.05) is 0 Å². The van der Waals surface area contributed by atoms with Crippen molar-refractivity contribution in [2.24, 2.45) is 0 Å². The molecule has 2 aromatic heterocycles. The average molecular weight is 156 g/mol. The first kappa shape index (κ1) is 7.19. The summed E-state index contributed by atoms with van der Waals surface area (Å²) >= 11 is 0. The van der Waals surface area contributed by atoms with Gasteiger partial charge in [0.1, 0.15) is 6.33 Å². The molecule has 0 amide bonds. The highest BCUT2D eigenvalue weighted by Crippen LogP contribution is 1.62. The van der Waals surface area contributed by atoms with E-state index in [1.807, 2.05) is 0 Å². The number of nitrogens with zero attached hydrogens (tertiary/aromatic N) is 3. The first-order valence-corrected chi connectivity index (χ1v) is 2.58. The van der Waals surface area contributed by atoms with Crippen LogP contribution in [0.5, 0.6) is 0 Å². The number of nitrogens with one attached hydrogen (secondary N) is 1. The van der Waals surface area contributed by atoms with Crippen LogP contribution < -0.4 is 5.76 Å². The lowest BCUT2D eigenvalue weighted by molar-refractivity contribution is 0.386. The van der Waals surface area contributed by atoms with Gasteiger partial charge in [-0.05, 0) is 0 Å². The van der Waals surface area contributed by atoms with Gasteiger partial charge in [0.05, 0.1) is 0 Å². The molecule has 2 rings (SSSR count). The fraction of sp³-hybridized carbons (Fsp3) is 0. The molecule has 2 heterocycles. The van der Waals surface area contributed by atoms with Gasteiger partial charge in [-0.25, -0.2) is 9.78 Å². The van der Waals surface area contributed by atoms with Crippen LogP contribution in [0.25, 0.3) is 0 Å². The van der Waals surface area contributed by atoms with Crippen molar-refractivity contribution >= 4 is 0 Å². The van der Waals surface area contributed by atoms with Gasteiger partial charge in [0.25, 0.3) is 0 Å². The lowest BCUT2D eigenvalue weighted by atomic mass is 11.3. The van der Waals surface area contributed by atoms with Crippen molar-refractivity contribution in [3.63, 3.8) is 0 Å². The van der Waals surface area contributed by atoms with Crippen LogP contribution in [0.4, 0.5) is 0 Å². The molecule has 0 unspecified atom stereocenters. The highest BCUT2D eigenvalue weighted by atomic mass is 16.5. The molecule has 0 spiro atoms. The van der Waals surface area contributed by atoms with Gasteiger partial charge in [-0.2, -0.15) is 0 Å². The Morgan fingerprint density at radius 3 is 2.55 bits per heavy atom. The molecule has 1 N–H and O–H groups in total. The van der Waals surface area contributed by atoms with Gasteiger partial charge >= 0.3 is 5.76 Å². The minimum Gasteiger partial charge on any atom is -0.343 e. The summed E-state index contributed by atoms with van der Waals surface area (Å²) in [5.41, 5.74) is 0. The van der Waals surface area contributed by atoms with Gasteiger partial charge in [-0.15, -0.1) is 0 Å². The summed E-state index contributed by atoms with van der Waals surface area (Å²) in [5.74, 6) is -0.519. The SMILES string of the molecule is O=c1[nH]cno1.c1ncon1. The Morgan fingerprint density at radius 2 is 2.36 bits per heavy atom. The fourth-order valence-electron chi connectivity index (χ4n) is 0.316. The van der Waals surface area contributed by atoms with Gasteiger partial charge in [-0.1, -0.05) is 10.3 Å². The Kier molecular flexibility index (Phi) is 2.61. The van der Waals surface area contributed by atoms with E-state index < -0.39 is 5.76 Å². The predicted octanol–water partition coefficient (Wildman–Crippen LogP) is -0.567. The van der Waals surface area contributed by atoms with Crippen molar-refractivity contribution in [3.8, 4) is 0 Å². The molecule has 0 aliphatic rings. The maximum atomic E-state index is 9.78. The van der Waals surface area contributed by atoms with E-state index in [0.29, 0.717) is 0 Å². The lowest BCUT2D eigenvalue weighted by Crippen LogP contribution is -1.92. The molecule has 11 heavy (non-hydrogen) atoms. The zero-order chi connectivity index (χ0) is 7.94. The second kappa shape index (κ2) is 3.99. The van der Waals surface area contributed by atoms with Crippen molar-refractivity contribution in [2.45, 2.75) is 0 Å². The minimum atomic E-state index is -0.519. The lowest BCUT2D eigenvalue weighted by Gasteiger charge is -1.47. The molecular formula is C4H4N4O3. The third kappa shape index (κ3) is 2.94. The van der Waals surface area contributed by atoms with Crippen molar-refractivity contribution < 1.29 is 9.05 Å². The third-order valence-electron chi connectivity index (χ3n) is 0.653. The van der Waals surface area contributed by atoms with Crippen LogP contribution in [-0.4, -0.2) is 20.3 Å². The van der Waals surface area contributed by atoms with E-state index in [1.165, 1.54) is 19.0 Å². The first-order valence-electron chi connectivity index (χ1n) is 2.58.